The molecule has 0 fully saturated rings. The maximum absolute atomic E-state index is 12.3. The van der Waals surface area contributed by atoms with Crippen molar-refractivity contribution in [2.45, 2.75) is 6.18 Å². The minimum atomic E-state index is -4.38. The van der Waals surface area contributed by atoms with Crippen molar-refractivity contribution in [3.63, 3.8) is 0 Å². The van der Waals surface area contributed by atoms with Gasteiger partial charge in [-0.25, -0.2) is 4.68 Å². The van der Waals surface area contributed by atoms with Gasteiger partial charge >= 0.3 is 6.18 Å². The van der Waals surface area contributed by atoms with Gasteiger partial charge in [0.15, 0.2) is 6.29 Å². The summed E-state index contributed by atoms with van der Waals surface area (Å²) in [5, 5.41) is 7.10. The number of hydrogen-bond donors (Lipinski definition) is 0. The minimum Gasteiger partial charge on any atom is -0.296 e. The quantitative estimate of drug-likeness (QED) is 0.756. The number of alkyl halides is 3. The second-order valence-corrected chi connectivity index (χ2v) is 3.23. The molecule has 7 heteroatoms. The van der Waals surface area contributed by atoms with Crippen LogP contribution >= 0.6 is 0 Å². The third-order valence-electron chi connectivity index (χ3n) is 2.14. The number of aromatic nitrogens is 3. The van der Waals surface area contributed by atoms with Gasteiger partial charge in [0, 0.05) is 0 Å². The summed E-state index contributed by atoms with van der Waals surface area (Å²) in [5.41, 5.74) is -0.239. The number of carbonyl (C=O) groups is 1. The van der Waals surface area contributed by atoms with E-state index in [0.717, 1.165) is 16.8 Å². The van der Waals surface area contributed by atoms with Gasteiger partial charge in [-0.3, -0.25) is 4.79 Å². The van der Waals surface area contributed by atoms with Crippen molar-refractivity contribution >= 4 is 6.29 Å². The highest BCUT2D eigenvalue weighted by Crippen LogP contribution is 2.29. The van der Waals surface area contributed by atoms with Gasteiger partial charge in [0.05, 0.1) is 17.4 Å². The Morgan fingerprint density at radius 3 is 2.35 bits per heavy atom. The monoisotopic (exact) mass is 241 g/mol. The standard InChI is InChI=1S/C10H6F3N3O/c11-10(12,13)7-1-3-8(4-2-7)16-9(6-17)5-14-15-16/h1-6H. The second-order valence-electron chi connectivity index (χ2n) is 3.23. The lowest BCUT2D eigenvalue weighted by molar-refractivity contribution is -0.137. The molecule has 0 atom stereocenters. The highest BCUT2D eigenvalue weighted by atomic mass is 19.4. The van der Waals surface area contributed by atoms with Crippen molar-refractivity contribution in [1.82, 2.24) is 15.0 Å². The highest BCUT2D eigenvalue weighted by molar-refractivity contribution is 5.72. The SMILES string of the molecule is O=Cc1cnnn1-c1ccc(C(F)(F)F)cc1. The molecule has 0 saturated carbocycles. The Labute approximate surface area is 93.7 Å². The summed E-state index contributed by atoms with van der Waals surface area (Å²) in [5.74, 6) is 0. The van der Waals surface area contributed by atoms with Crippen LogP contribution < -0.4 is 0 Å². The van der Waals surface area contributed by atoms with E-state index in [1.165, 1.54) is 18.3 Å². The first kappa shape index (κ1) is 11.3. The maximum atomic E-state index is 12.3. The molecule has 0 N–H and O–H groups in total. The van der Waals surface area contributed by atoms with E-state index in [-0.39, 0.29) is 5.69 Å². The highest BCUT2D eigenvalue weighted by Gasteiger charge is 2.30. The molecule has 2 aromatic rings. The molecule has 1 aromatic carbocycles. The molecule has 0 unspecified atom stereocenters. The summed E-state index contributed by atoms with van der Waals surface area (Å²) in [6.07, 6.45) is -2.63. The zero-order valence-corrected chi connectivity index (χ0v) is 8.35. The average Bonchev–Trinajstić information content (AvgIpc) is 2.76. The van der Waals surface area contributed by atoms with Crippen molar-refractivity contribution in [2.24, 2.45) is 0 Å². The van der Waals surface area contributed by atoms with Crippen LogP contribution in [0.15, 0.2) is 30.5 Å². The Hall–Kier alpha value is -2.18. The van der Waals surface area contributed by atoms with Crippen LogP contribution in [0, 0.1) is 0 Å². The summed E-state index contributed by atoms with van der Waals surface area (Å²) in [6.45, 7) is 0. The second kappa shape index (κ2) is 4.00. The Morgan fingerprint density at radius 1 is 1.18 bits per heavy atom. The number of aldehydes is 1. The van der Waals surface area contributed by atoms with Crippen LogP contribution in [-0.4, -0.2) is 21.3 Å². The number of rotatable bonds is 2. The number of halogens is 3. The topological polar surface area (TPSA) is 47.8 Å². The van der Waals surface area contributed by atoms with Crippen molar-refractivity contribution in [2.75, 3.05) is 0 Å². The van der Waals surface area contributed by atoms with Gasteiger partial charge in [0.1, 0.15) is 5.69 Å². The van der Waals surface area contributed by atoms with Crippen LogP contribution in [0.2, 0.25) is 0 Å². The van der Waals surface area contributed by atoms with Gasteiger partial charge in [0.25, 0.3) is 0 Å². The van der Waals surface area contributed by atoms with E-state index in [2.05, 4.69) is 10.3 Å². The van der Waals surface area contributed by atoms with Crippen LogP contribution in [0.5, 0.6) is 0 Å². The van der Waals surface area contributed by atoms with Gasteiger partial charge in [-0.2, -0.15) is 13.2 Å². The molecule has 0 amide bonds. The molecule has 0 spiro atoms. The molecule has 0 aliphatic carbocycles. The van der Waals surface area contributed by atoms with Crippen molar-refractivity contribution in [1.29, 1.82) is 0 Å². The number of benzene rings is 1. The fraction of sp³-hybridized carbons (Fsp3) is 0.100. The lowest BCUT2D eigenvalue weighted by atomic mass is 10.2. The van der Waals surface area contributed by atoms with Gasteiger partial charge < -0.3 is 0 Å². The molecular formula is C10H6F3N3O. The predicted octanol–water partition coefficient (Wildman–Crippen LogP) is 2.10. The summed E-state index contributed by atoms with van der Waals surface area (Å²) in [4.78, 5) is 10.6. The largest absolute Gasteiger partial charge is 0.416 e. The Balaban J connectivity index is 2.39. The maximum Gasteiger partial charge on any atom is 0.416 e. The molecule has 0 aliphatic rings. The van der Waals surface area contributed by atoms with E-state index in [1.54, 1.807) is 0 Å². The van der Waals surface area contributed by atoms with E-state index < -0.39 is 11.7 Å². The normalized spacial score (nSPS) is 11.5. The lowest BCUT2D eigenvalue weighted by Gasteiger charge is -2.07. The zero-order valence-electron chi connectivity index (χ0n) is 8.35. The minimum absolute atomic E-state index is 0.171. The van der Waals surface area contributed by atoms with E-state index in [0.29, 0.717) is 12.0 Å². The predicted molar refractivity (Wildman–Crippen MR) is 51.7 cm³/mol. The van der Waals surface area contributed by atoms with Crippen molar-refractivity contribution in [3.8, 4) is 5.69 Å². The van der Waals surface area contributed by atoms with E-state index >= 15 is 0 Å². The Bertz CT molecular complexity index is 530. The van der Waals surface area contributed by atoms with Crippen LogP contribution in [-0.2, 0) is 6.18 Å². The number of hydrogen-bond acceptors (Lipinski definition) is 3. The lowest BCUT2D eigenvalue weighted by Crippen LogP contribution is -2.06. The van der Waals surface area contributed by atoms with Crippen molar-refractivity contribution < 1.29 is 18.0 Å². The molecule has 0 saturated heterocycles. The number of carbonyl (C=O) groups excluding carboxylic acids is 1. The molecule has 1 heterocycles. The first-order chi connectivity index (χ1) is 8.02. The average molecular weight is 241 g/mol. The summed E-state index contributed by atoms with van der Waals surface area (Å²) < 4.78 is 38.1. The van der Waals surface area contributed by atoms with Crippen LogP contribution in [0.4, 0.5) is 13.2 Å². The van der Waals surface area contributed by atoms with E-state index in [1.807, 2.05) is 0 Å². The van der Waals surface area contributed by atoms with Crippen LogP contribution in [0.1, 0.15) is 16.1 Å². The molecule has 0 aliphatic heterocycles. The Morgan fingerprint density at radius 2 is 1.82 bits per heavy atom. The van der Waals surface area contributed by atoms with E-state index in [9.17, 15) is 18.0 Å². The summed E-state index contributed by atoms with van der Waals surface area (Å²) in [6, 6.07) is 4.30. The third-order valence-corrected chi connectivity index (χ3v) is 2.14. The first-order valence-corrected chi connectivity index (χ1v) is 4.56. The molecule has 17 heavy (non-hydrogen) atoms. The van der Waals surface area contributed by atoms with Crippen LogP contribution in [0.3, 0.4) is 0 Å². The molecule has 0 bridgehead atoms. The molecular weight excluding hydrogens is 235 g/mol. The summed E-state index contributed by atoms with van der Waals surface area (Å²) >= 11 is 0. The molecule has 2 rings (SSSR count). The smallest absolute Gasteiger partial charge is 0.296 e. The van der Waals surface area contributed by atoms with Gasteiger partial charge in [-0.1, -0.05) is 5.21 Å². The van der Waals surface area contributed by atoms with Gasteiger partial charge in [-0.05, 0) is 24.3 Å². The third kappa shape index (κ3) is 2.17. The summed E-state index contributed by atoms with van der Waals surface area (Å²) in [7, 11) is 0. The Kier molecular flexibility index (Phi) is 2.66. The first-order valence-electron chi connectivity index (χ1n) is 4.56. The number of nitrogens with zero attached hydrogens (tertiary/aromatic N) is 3. The fourth-order valence-corrected chi connectivity index (χ4v) is 1.32. The molecule has 1 aromatic heterocycles. The molecule has 0 radical (unpaired) electrons. The van der Waals surface area contributed by atoms with E-state index in [4.69, 9.17) is 0 Å². The van der Waals surface area contributed by atoms with Gasteiger partial charge in [-0.15, -0.1) is 5.10 Å². The molecule has 4 nitrogen and oxygen atoms in total. The van der Waals surface area contributed by atoms with Gasteiger partial charge in [0.2, 0.25) is 0 Å². The van der Waals surface area contributed by atoms with Crippen molar-refractivity contribution in [3.05, 3.63) is 41.7 Å². The fourth-order valence-electron chi connectivity index (χ4n) is 1.32. The molecule has 88 valence electrons. The van der Waals surface area contributed by atoms with Crippen LogP contribution in [0.25, 0.3) is 5.69 Å². The zero-order chi connectivity index (χ0) is 12.5.